The smallest absolute Gasteiger partial charge is 0.173 e. The third-order valence-electron chi connectivity index (χ3n) is 2.50. The molecule has 1 aromatic rings. The van der Waals surface area contributed by atoms with Crippen LogP contribution in [0.5, 0.6) is 0 Å². The molecular formula is C13H18O3. The van der Waals surface area contributed by atoms with Gasteiger partial charge >= 0.3 is 0 Å². The van der Waals surface area contributed by atoms with Crippen molar-refractivity contribution in [1.29, 1.82) is 0 Å². The van der Waals surface area contributed by atoms with Gasteiger partial charge < -0.3 is 4.42 Å². The quantitative estimate of drug-likeness (QED) is 0.583. The molecule has 0 unspecified atom stereocenters. The first-order chi connectivity index (χ1) is 7.21. The number of carbonyl (C=O) groups is 2. The highest BCUT2D eigenvalue weighted by Crippen LogP contribution is 2.21. The number of hydrogen-bond acceptors (Lipinski definition) is 3. The van der Waals surface area contributed by atoms with Crippen molar-refractivity contribution in [2.75, 3.05) is 0 Å². The molecule has 1 rings (SSSR count). The van der Waals surface area contributed by atoms with Gasteiger partial charge in [0.1, 0.15) is 17.3 Å². The van der Waals surface area contributed by atoms with Gasteiger partial charge in [0.25, 0.3) is 0 Å². The van der Waals surface area contributed by atoms with Gasteiger partial charge in [0.2, 0.25) is 0 Å². The molecule has 0 saturated carbocycles. The van der Waals surface area contributed by atoms with E-state index in [2.05, 4.69) is 0 Å². The number of hydrogen-bond donors (Lipinski definition) is 0. The molecule has 0 atom stereocenters. The predicted octanol–water partition coefficient (Wildman–Crippen LogP) is 3.08. The maximum absolute atomic E-state index is 11.9. The van der Waals surface area contributed by atoms with Gasteiger partial charge in [0.05, 0.1) is 12.0 Å². The van der Waals surface area contributed by atoms with Crippen LogP contribution in [0.25, 0.3) is 0 Å². The van der Waals surface area contributed by atoms with Crippen molar-refractivity contribution >= 4 is 11.6 Å². The lowest BCUT2D eigenvalue weighted by molar-refractivity contribution is -0.125. The van der Waals surface area contributed by atoms with Gasteiger partial charge in [-0.3, -0.25) is 9.59 Å². The summed E-state index contributed by atoms with van der Waals surface area (Å²) < 4.78 is 5.27. The van der Waals surface area contributed by atoms with Gasteiger partial charge in [-0.1, -0.05) is 20.8 Å². The normalized spacial score (nSPS) is 11.6. The highest BCUT2D eigenvalue weighted by molar-refractivity contribution is 6.09. The van der Waals surface area contributed by atoms with Crippen molar-refractivity contribution in [1.82, 2.24) is 0 Å². The van der Waals surface area contributed by atoms with E-state index in [1.165, 1.54) is 0 Å². The number of rotatable bonds is 3. The molecule has 0 bridgehead atoms. The Morgan fingerprint density at radius 3 is 2.19 bits per heavy atom. The largest absolute Gasteiger partial charge is 0.466 e. The molecule has 0 aliphatic heterocycles. The van der Waals surface area contributed by atoms with E-state index in [4.69, 9.17) is 4.42 Å². The average molecular weight is 222 g/mol. The number of aryl methyl sites for hydroxylation is 2. The molecule has 16 heavy (non-hydrogen) atoms. The van der Waals surface area contributed by atoms with Crippen molar-refractivity contribution in [3.63, 3.8) is 0 Å². The number of ketones is 2. The van der Waals surface area contributed by atoms with Gasteiger partial charge in [-0.15, -0.1) is 0 Å². The molecule has 88 valence electrons. The molecule has 1 aromatic heterocycles. The van der Waals surface area contributed by atoms with Gasteiger partial charge in [0, 0.05) is 5.41 Å². The van der Waals surface area contributed by atoms with E-state index in [0.29, 0.717) is 17.1 Å². The zero-order valence-corrected chi connectivity index (χ0v) is 10.5. The summed E-state index contributed by atoms with van der Waals surface area (Å²) in [6.45, 7) is 8.97. The summed E-state index contributed by atoms with van der Waals surface area (Å²) in [4.78, 5) is 23.6. The Labute approximate surface area is 95.8 Å². The van der Waals surface area contributed by atoms with Crippen LogP contribution in [0.2, 0.25) is 0 Å². The topological polar surface area (TPSA) is 47.3 Å². The first kappa shape index (κ1) is 12.7. The van der Waals surface area contributed by atoms with E-state index in [1.807, 2.05) is 20.8 Å². The van der Waals surface area contributed by atoms with Crippen LogP contribution in [0, 0.1) is 19.3 Å². The summed E-state index contributed by atoms with van der Waals surface area (Å²) in [7, 11) is 0. The highest BCUT2D eigenvalue weighted by atomic mass is 16.3. The lowest BCUT2D eigenvalue weighted by atomic mass is 9.87. The molecular weight excluding hydrogens is 204 g/mol. The maximum Gasteiger partial charge on any atom is 0.173 e. The molecule has 0 N–H and O–H groups in total. The molecule has 1 heterocycles. The average Bonchev–Trinajstić information content (AvgIpc) is 2.43. The number of carbonyl (C=O) groups excluding carboxylic acids is 2. The molecule has 3 nitrogen and oxygen atoms in total. The van der Waals surface area contributed by atoms with E-state index >= 15 is 0 Å². The Morgan fingerprint density at radius 1 is 1.25 bits per heavy atom. The molecule has 0 aromatic carbocycles. The van der Waals surface area contributed by atoms with Crippen LogP contribution in [0.3, 0.4) is 0 Å². The Bertz CT molecular complexity index is 419. The summed E-state index contributed by atoms with van der Waals surface area (Å²) in [6.07, 6.45) is -0.0523. The minimum atomic E-state index is -0.470. The van der Waals surface area contributed by atoms with Crippen LogP contribution in [0.15, 0.2) is 10.5 Å². The van der Waals surface area contributed by atoms with Crippen molar-refractivity contribution in [3.05, 3.63) is 23.2 Å². The summed E-state index contributed by atoms with van der Waals surface area (Å²) in [5, 5.41) is 0. The molecule has 0 fully saturated rings. The number of furan rings is 1. The maximum atomic E-state index is 11.9. The van der Waals surface area contributed by atoms with E-state index in [9.17, 15) is 9.59 Å². The SMILES string of the molecule is Cc1cc(C(=O)CC(=O)C(C)(C)C)c(C)o1. The Hall–Kier alpha value is -1.38. The van der Waals surface area contributed by atoms with Crippen molar-refractivity contribution in [2.45, 2.75) is 41.0 Å². The molecule has 0 radical (unpaired) electrons. The molecule has 0 amide bonds. The van der Waals surface area contributed by atoms with Gasteiger partial charge in [0.15, 0.2) is 5.78 Å². The minimum absolute atomic E-state index is 0.0456. The van der Waals surface area contributed by atoms with E-state index in [-0.39, 0.29) is 18.0 Å². The van der Waals surface area contributed by atoms with E-state index in [1.54, 1.807) is 19.9 Å². The van der Waals surface area contributed by atoms with E-state index in [0.717, 1.165) is 0 Å². The summed E-state index contributed by atoms with van der Waals surface area (Å²) in [5.74, 6) is 1.08. The summed E-state index contributed by atoms with van der Waals surface area (Å²) in [5.41, 5.74) is 0.0533. The van der Waals surface area contributed by atoms with Crippen LogP contribution >= 0.6 is 0 Å². The molecule has 3 heteroatoms. The van der Waals surface area contributed by atoms with Crippen LogP contribution in [0.1, 0.15) is 49.1 Å². The van der Waals surface area contributed by atoms with Crippen molar-refractivity contribution in [3.8, 4) is 0 Å². The highest BCUT2D eigenvalue weighted by Gasteiger charge is 2.25. The summed E-state index contributed by atoms with van der Waals surface area (Å²) >= 11 is 0. The number of Topliss-reactive ketones (excluding diaryl/α,β-unsaturated/α-hetero) is 2. The molecule has 0 aliphatic rings. The van der Waals surface area contributed by atoms with Crippen LogP contribution in [-0.2, 0) is 4.79 Å². The third kappa shape index (κ3) is 2.81. The monoisotopic (exact) mass is 222 g/mol. The van der Waals surface area contributed by atoms with E-state index < -0.39 is 5.41 Å². The Kier molecular flexibility index (Phi) is 3.36. The minimum Gasteiger partial charge on any atom is -0.466 e. The first-order valence-corrected chi connectivity index (χ1v) is 5.35. The zero-order valence-electron chi connectivity index (χ0n) is 10.5. The molecule has 0 aliphatic carbocycles. The molecule has 0 spiro atoms. The van der Waals surface area contributed by atoms with Crippen molar-refractivity contribution < 1.29 is 14.0 Å². The van der Waals surface area contributed by atoms with Gasteiger partial charge in [-0.05, 0) is 19.9 Å². The lowest BCUT2D eigenvalue weighted by Gasteiger charge is -2.15. The fraction of sp³-hybridized carbons (Fsp3) is 0.538. The Morgan fingerprint density at radius 2 is 1.81 bits per heavy atom. The fourth-order valence-corrected chi connectivity index (χ4v) is 1.41. The second-order valence-electron chi connectivity index (χ2n) is 5.10. The van der Waals surface area contributed by atoms with Gasteiger partial charge in [-0.25, -0.2) is 0 Å². The standard InChI is InChI=1S/C13H18O3/c1-8-6-10(9(2)16-8)11(14)7-12(15)13(3,4)5/h6H,7H2,1-5H3. The lowest BCUT2D eigenvalue weighted by Crippen LogP contribution is -2.23. The predicted molar refractivity (Wildman–Crippen MR) is 61.6 cm³/mol. The fourth-order valence-electron chi connectivity index (χ4n) is 1.41. The Balaban J connectivity index is 2.81. The second-order valence-corrected chi connectivity index (χ2v) is 5.10. The van der Waals surface area contributed by atoms with Gasteiger partial charge in [-0.2, -0.15) is 0 Å². The van der Waals surface area contributed by atoms with Crippen LogP contribution in [0.4, 0.5) is 0 Å². The van der Waals surface area contributed by atoms with Crippen LogP contribution < -0.4 is 0 Å². The first-order valence-electron chi connectivity index (χ1n) is 5.35. The second kappa shape index (κ2) is 4.24. The third-order valence-corrected chi connectivity index (χ3v) is 2.50. The van der Waals surface area contributed by atoms with Crippen molar-refractivity contribution in [2.24, 2.45) is 5.41 Å². The zero-order chi connectivity index (χ0) is 12.5. The summed E-state index contributed by atoms with van der Waals surface area (Å²) in [6, 6.07) is 1.69. The van der Waals surface area contributed by atoms with Crippen LogP contribution in [-0.4, -0.2) is 11.6 Å². The molecule has 0 saturated heterocycles.